The van der Waals surface area contributed by atoms with Crippen molar-refractivity contribution in [3.63, 3.8) is 0 Å². The summed E-state index contributed by atoms with van der Waals surface area (Å²) in [5, 5.41) is 17.7. The Morgan fingerprint density at radius 1 is 1.35 bits per heavy atom. The molecule has 0 N–H and O–H groups in total. The molecule has 0 aliphatic carbocycles. The van der Waals surface area contributed by atoms with Crippen molar-refractivity contribution in [2.75, 3.05) is 0 Å². The van der Waals surface area contributed by atoms with Crippen molar-refractivity contribution in [3.05, 3.63) is 11.6 Å². The Kier molecular flexibility index (Phi) is 4.22. The second kappa shape index (κ2) is 5.74. The zero-order valence-electron chi connectivity index (χ0n) is 12.5. The number of hydrogen-bond acceptors (Lipinski definition) is 4. The molecule has 0 bridgehead atoms. The standard InChI is InChI=1S/C15H22N4O/c1-15(2,3)9-12(20)11(10-16)14-18-17-13-7-5-4-6-8-19(13)14/h11H,4-9H2,1-3H3/t11-/m0/s1. The lowest BCUT2D eigenvalue weighted by atomic mass is 9.86. The smallest absolute Gasteiger partial charge is 0.164 e. The number of hydrogen-bond donors (Lipinski definition) is 0. The quantitative estimate of drug-likeness (QED) is 0.849. The summed E-state index contributed by atoms with van der Waals surface area (Å²) < 4.78 is 1.99. The summed E-state index contributed by atoms with van der Waals surface area (Å²) >= 11 is 0. The molecule has 2 rings (SSSR count). The molecular weight excluding hydrogens is 252 g/mol. The molecule has 5 heteroatoms. The van der Waals surface area contributed by atoms with Gasteiger partial charge in [-0.05, 0) is 18.3 Å². The molecule has 2 heterocycles. The molecule has 0 saturated heterocycles. The Morgan fingerprint density at radius 3 is 2.75 bits per heavy atom. The van der Waals surface area contributed by atoms with Crippen LogP contribution in [0.3, 0.4) is 0 Å². The summed E-state index contributed by atoms with van der Waals surface area (Å²) in [5.41, 5.74) is -0.117. The second-order valence-corrected chi connectivity index (χ2v) is 6.70. The van der Waals surface area contributed by atoms with E-state index in [2.05, 4.69) is 16.3 Å². The number of aromatic nitrogens is 3. The van der Waals surface area contributed by atoms with Crippen molar-refractivity contribution >= 4 is 5.78 Å². The third kappa shape index (κ3) is 3.24. The first-order valence-electron chi connectivity index (χ1n) is 7.27. The summed E-state index contributed by atoms with van der Waals surface area (Å²) in [5.74, 6) is 0.619. The van der Waals surface area contributed by atoms with E-state index in [-0.39, 0.29) is 11.2 Å². The molecule has 0 spiro atoms. The van der Waals surface area contributed by atoms with Gasteiger partial charge < -0.3 is 4.57 Å². The van der Waals surface area contributed by atoms with Crippen LogP contribution in [-0.2, 0) is 17.8 Å². The first-order chi connectivity index (χ1) is 9.42. The molecule has 0 saturated carbocycles. The van der Waals surface area contributed by atoms with Crippen LogP contribution in [-0.4, -0.2) is 20.5 Å². The summed E-state index contributed by atoms with van der Waals surface area (Å²) in [4.78, 5) is 12.4. The van der Waals surface area contributed by atoms with E-state index in [0.717, 1.165) is 38.1 Å². The SMILES string of the molecule is CC(C)(C)CC(=O)[C@H](C#N)c1nnc2n1CCCCC2. The van der Waals surface area contributed by atoms with Gasteiger partial charge >= 0.3 is 0 Å². The number of nitriles is 1. The summed E-state index contributed by atoms with van der Waals surface area (Å²) in [6.07, 6.45) is 4.59. The van der Waals surface area contributed by atoms with Gasteiger partial charge in [0.1, 0.15) is 5.82 Å². The van der Waals surface area contributed by atoms with E-state index in [1.807, 2.05) is 25.3 Å². The fourth-order valence-electron chi connectivity index (χ4n) is 2.62. The van der Waals surface area contributed by atoms with Gasteiger partial charge in [-0.25, -0.2) is 0 Å². The monoisotopic (exact) mass is 274 g/mol. The second-order valence-electron chi connectivity index (χ2n) is 6.70. The normalized spacial score (nSPS) is 16.9. The van der Waals surface area contributed by atoms with E-state index < -0.39 is 5.92 Å². The number of ketones is 1. The van der Waals surface area contributed by atoms with Crippen LogP contribution in [0.25, 0.3) is 0 Å². The Labute approximate surface area is 120 Å². The van der Waals surface area contributed by atoms with Crippen molar-refractivity contribution in [3.8, 4) is 6.07 Å². The molecule has 0 fully saturated rings. The topological polar surface area (TPSA) is 71.6 Å². The van der Waals surface area contributed by atoms with Gasteiger partial charge in [0, 0.05) is 19.4 Å². The average Bonchev–Trinajstić information content (AvgIpc) is 2.58. The zero-order chi connectivity index (χ0) is 14.8. The highest BCUT2D eigenvalue weighted by atomic mass is 16.1. The Bertz CT molecular complexity index is 533. The predicted molar refractivity (Wildman–Crippen MR) is 75.0 cm³/mol. The first-order valence-corrected chi connectivity index (χ1v) is 7.27. The van der Waals surface area contributed by atoms with Crippen LogP contribution in [0.5, 0.6) is 0 Å². The maximum Gasteiger partial charge on any atom is 0.164 e. The fraction of sp³-hybridized carbons (Fsp3) is 0.733. The van der Waals surface area contributed by atoms with Crippen molar-refractivity contribution in [2.24, 2.45) is 5.41 Å². The molecule has 0 amide bonds. The summed E-state index contributed by atoms with van der Waals surface area (Å²) in [6.45, 7) is 6.83. The molecule has 0 aromatic carbocycles. The third-order valence-electron chi connectivity index (χ3n) is 3.55. The summed E-state index contributed by atoms with van der Waals surface area (Å²) in [7, 11) is 0. The Balaban J connectivity index is 2.27. The number of Topliss-reactive ketones (excluding diaryl/α,β-unsaturated/α-hetero) is 1. The van der Waals surface area contributed by atoms with E-state index in [0.29, 0.717) is 12.2 Å². The van der Waals surface area contributed by atoms with Crippen molar-refractivity contribution in [1.29, 1.82) is 5.26 Å². The lowest BCUT2D eigenvalue weighted by Gasteiger charge is -2.19. The summed E-state index contributed by atoms with van der Waals surface area (Å²) in [6, 6.07) is 2.12. The first kappa shape index (κ1) is 14.7. The molecule has 108 valence electrons. The average molecular weight is 274 g/mol. The highest BCUT2D eigenvalue weighted by Crippen LogP contribution is 2.26. The number of aryl methyl sites for hydroxylation is 1. The highest BCUT2D eigenvalue weighted by molar-refractivity contribution is 5.88. The minimum absolute atomic E-state index is 0.0561. The van der Waals surface area contributed by atoms with Gasteiger partial charge in [-0.15, -0.1) is 10.2 Å². The maximum absolute atomic E-state index is 12.4. The van der Waals surface area contributed by atoms with E-state index in [1.165, 1.54) is 0 Å². The van der Waals surface area contributed by atoms with E-state index in [1.54, 1.807) is 0 Å². The third-order valence-corrected chi connectivity index (χ3v) is 3.55. The fourth-order valence-corrected chi connectivity index (χ4v) is 2.62. The van der Waals surface area contributed by atoms with Crippen LogP contribution >= 0.6 is 0 Å². The van der Waals surface area contributed by atoms with Crippen molar-refractivity contribution in [2.45, 2.75) is 65.3 Å². The number of carbonyl (C=O) groups excluding carboxylic acids is 1. The van der Waals surface area contributed by atoms with Crippen molar-refractivity contribution in [1.82, 2.24) is 14.8 Å². The lowest BCUT2D eigenvalue weighted by molar-refractivity contribution is -0.121. The van der Waals surface area contributed by atoms with Crippen LogP contribution in [0.4, 0.5) is 0 Å². The van der Waals surface area contributed by atoms with Crippen LogP contribution in [0, 0.1) is 16.7 Å². The van der Waals surface area contributed by atoms with Gasteiger partial charge in [0.15, 0.2) is 17.5 Å². The number of rotatable bonds is 3. The minimum atomic E-state index is -0.784. The number of nitrogens with zero attached hydrogens (tertiary/aromatic N) is 4. The van der Waals surface area contributed by atoms with E-state index in [4.69, 9.17) is 0 Å². The van der Waals surface area contributed by atoms with Gasteiger partial charge in [0.05, 0.1) is 6.07 Å². The van der Waals surface area contributed by atoms with Gasteiger partial charge in [0.2, 0.25) is 0 Å². The van der Waals surface area contributed by atoms with Crippen LogP contribution in [0.15, 0.2) is 0 Å². The van der Waals surface area contributed by atoms with Crippen LogP contribution in [0.2, 0.25) is 0 Å². The molecule has 1 aliphatic heterocycles. The molecule has 1 aromatic heterocycles. The largest absolute Gasteiger partial charge is 0.313 e. The predicted octanol–water partition coefficient (Wildman–Crippen LogP) is 2.62. The molecule has 1 aromatic rings. The van der Waals surface area contributed by atoms with Gasteiger partial charge in [-0.3, -0.25) is 4.79 Å². The Morgan fingerprint density at radius 2 is 2.10 bits per heavy atom. The van der Waals surface area contributed by atoms with Gasteiger partial charge in [-0.1, -0.05) is 27.2 Å². The molecule has 5 nitrogen and oxygen atoms in total. The number of carbonyl (C=O) groups is 1. The molecule has 0 unspecified atom stereocenters. The lowest BCUT2D eigenvalue weighted by Crippen LogP contribution is -2.22. The molecule has 1 atom stereocenters. The molecule has 0 radical (unpaired) electrons. The van der Waals surface area contributed by atoms with Gasteiger partial charge in [0.25, 0.3) is 0 Å². The molecular formula is C15H22N4O. The molecule has 1 aliphatic rings. The van der Waals surface area contributed by atoms with Crippen LogP contribution < -0.4 is 0 Å². The minimum Gasteiger partial charge on any atom is -0.313 e. The van der Waals surface area contributed by atoms with E-state index in [9.17, 15) is 10.1 Å². The zero-order valence-corrected chi connectivity index (χ0v) is 12.5. The van der Waals surface area contributed by atoms with E-state index >= 15 is 0 Å². The van der Waals surface area contributed by atoms with Gasteiger partial charge in [-0.2, -0.15) is 5.26 Å². The molecule has 20 heavy (non-hydrogen) atoms. The van der Waals surface area contributed by atoms with Crippen molar-refractivity contribution < 1.29 is 4.79 Å². The number of fused-ring (bicyclic) bond motifs is 1. The highest BCUT2D eigenvalue weighted by Gasteiger charge is 2.30. The van der Waals surface area contributed by atoms with Crippen LogP contribution in [0.1, 0.15) is 64.0 Å². The Hall–Kier alpha value is -1.70. The maximum atomic E-state index is 12.4.